The van der Waals surface area contributed by atoms with E-state index in [2.05, 4.69) is 14.7 Å². The minimum atomic E-state index is -4.51. The maximum Gasteiger partial charge on any atom is 0.422 e. The lowest BCUT2D eigenvalue weighted by atomic mass is 10.3. The molecule has 0 amide bonds. The number of esters is 1. The zero-order valence-corrected chi connectivity index (χ0v) is 14.5. The fraction of sp³-hybridized carbons (Fsp3) is 0.188. The Kier molecular flexibility index (Phi) is 5.28. The maximum absolute atomic E-state index is 12.1. The number of hydrogen-bond donors (Lipinski definition) is 0. The Morgan fingerprint density at radius 2 is 2.04 bits per heavy atom. The summed E-state index contributed by atoms with van der Waals surface area (Å²) in [5.74, 6) is -1.13. The first-order valence-electron chi connectivity index (χ1n) is 7.18. The van der Waals surface area contributed by atoms with Gasteiger partial charge in [0.15, 0.2) is 6.61 Å². The van der Waals surface area contributed by atoms with Crippen molar-refractivity contribution in [2.45, 2.75) is 12.8 Å². The average molecular weight is 403 g/mol. The third-order valence-corrected chi connectivity index (χ3v) is 4.36. The molecule has 0 unspecified atom stereocenters. The SMILES string of the molecule is O=C(OCc1nc2ccccc2s1)c1cnc(OCC(F)(F)F)c(Cl)c1. The number of carbonyl (C=O) groups is 1. The largest absolute Gasteiger partial charge is 0.467 e. The second-order valence-corrected chi connectivity index (χ2v) is 6.59. The van der Waals surface area contributed by atoms with Gasteiger partial charge in [-0.25, -0.2) is 14.8 Å². The second-order valence-electron chi connectivity index (χ2n) is 5.07. The van der Waals surface area contributed by atoms with Gasteiger partial charge in [-0.2, -0.15) is 13.2 Å². The van der Waals surface area contributed by atoms with Gasteiger partial charge >= 0.3 is 12.1 Å². The summed E-state index contributed by atoms with van der Waals surface area (Å²) in [6.07, 6.45) is -3.47. The predicted molar refractivity (Wildman–Crippen MR) is 89.5 cm³/mol. The number of para-hydroxylation sites is 1. The van der Waals surface area contributed by atoms with Crippen molar-refractivity contribution in [3.8, 4) is 5.88 Å². The number of ether oxygens (including phenoxy) is 2. The van der Waals surface area contributed by atoms with Crippen molar-refractivity contribution in [3.05, 3.63) is 52.1 Å². The van der Waals surface area contributed by atoms with Crippen LogP contribution >= 0.6 is 22.9 Å². The topological polar surface area (TPSA) is 61.3 Å². The van der Waals surface area contributed by atoms with Gasteiger partial charge in [-0.15, -0.1) is 11.3 Å². The molecule has 1 aromatic carbocycles. The third kappa shape index (κ3) is 4.61. The summed E-state index contributed by atoms with van der Waals surface area (Å²) in [7, 11) is 0. The molecule has 0 spiro atoms. The van der Waals surface area contributed by atoms with Crippen LogP contribution in [0.5, 0.6) is 5.88 Å². The zero-order chi connectivity index (χ0) is 18.7. The van der Waals surface area contributed by atoms with Crippen LogP contribution in [0, 0.1) is 0 Å². The van der Waals surface area contributed by atoms with E-state index in [1.807, 2.05) is 24.3 Å². The Bertz CT molecular complexity index is 913. The molecule has 0 N–H and O–H groups in total. The van der Waals surface area contributed by atoms with Gasteiger partial charge in [0.2, 0.25) is 5.88 Å². The number of thiazole rings is 1. The number of nitrogens with zero attached hydrogens (tertiary/aromatic N) is 2. The van der Waals surface area contributed by atoms with Gasteiger partial charge in [0.25, 0.3) is 0 Å². The molecule has 10 heteroatoms. The third-order valence-electron chi connectivity index (χ3n) is 3.08. The Morgan fingerprint density at radius 1 is 1.27 bits per heavy atom. The number of rotatable bonds is 5. The molecule has 0 radical (unpaired) electrons. The summed E-state index contributed by atoms with van der Waals surface area (Å²) in [5.41, 5.74) is 0.801. The normalized spacial score (nSPS) is 11.5. The number of fused-ring (bicyclic) bond motifs is 1. The summed E-state index contributed by atoms with van der Waals surface area (Å²) in [6.45, 7) is -1.57. The summed E-state index contributed by atoms with van der Waals surface area (Å²) < 4.78 is 47.0. The molecular formula is C16H10ClF3N2O3S. The van der Waals surface area contributed by atoms with Gasteiger partial charge < -0.3 is 9.47 Å². The maximum atomic E-state index is 12.1. The van der Waals surface area contributed by atoms with Crippen LogP contribution in [0.25, 0.3) is 10.2 Å². The van der Waals surface area contributed by atoms with Crippen LogP contribution in [0.1, 0.15) is 15.4 Å². The summed E-state index contributed by atoms with van der Waals surface area (Å²) in [4.78, 5) is 20.0. The molecular weight excluding hydrogens is 393 g/mol. The number of halogens is 4. The highest BCUT2D eigenvalue weighted by atomic mass is 35.5. The minimum absolute atomic E-state index is 0.00419. The lowest BCUT2D eigenvalue weighted by Crippen LogP contribution is -2.20. The van der Waals surface area contributed by atoms with Gasteiger partial charge in [-0.3, -0.25) is 0 Å². The number of aromatic nitrogens is 2. The summed E-state index contributed by atoms with van der Waals surface area (Å²) in [6, 6.07) is 8.63. The molecule has 0 fully saturated rings. The predicted octanol–water partition coefficient (Wildman–Crippen LogP) is 4.64. The molecule has 26 heavy (non-hydrogen) atoms. The molecule has 2 aromatic heterocycles. The van der Waals surface area contributed by atoms with Crippen LogP contribution in [0.3, 0.4) is 0 Å². The first-order chi connectivity index (χ1) is 12.3. The molecule has 5 nitrogen and oxygen atoms in total. The van der Waals surface area contributed by atoms with E-state index < -0.39 is 24.6 Å². The van der Waals surface area contributed by atoms with E-state index in [4.69, 9.17) is 16.3 Å². The fourth-order valence-electron chi connectivity index (χ4n) is 1.99. The molecule has 136 valence electrons. The van der Waals surface area contributed by atoms with Crippen LogP contribution in [0.2, 0.25) is 5.02 Å². The van der Waals surface area contributed by atoms with E-state index in [1.165, 1.54) is 11.3 Å². The van der Waals surface area contributed by atoms with Crippen LogP contribution in [-0.4, -0.2) is 28.7 Å². The van der Waals surface area contributed by atoms with Gasteiger partial charge in [-0.05, 0) is 18.2 Å². The molecule has 0 aliphatic heterocycles. The van der Waals surface area contributed by atoms with Crippen molar-refractivity contribution in [1.82, 2.24) is 9.97 Å². The second kappa shape index (κ2) is 7.46. The van der Waals surface area contributed by atoms with Crippen LogP contribution in [0.4, 0.5) is 13.2 Å². The van der Waals surface area contributed by atoms with E-state index in [0.717, 1.165) is 22.5 Å². The minimum Gasteiger partial charge on any atom is -0.467 e. The Hall–Kier alpha value is -2.39. The molecule has 2 heterocycles. The lowest BCUT2D eigenvalue weighted by molar-refractivity contribution is -0.154. The molecule has 0 bridgehead atoms. The van der Waals surface area contributed by atoms with Crippen molar-refractivity contribution in [2.24, 2.45) is 0 Å². The van der Waals surface area contributed by atoms with E-state index in [1.54, 1.807) is 0 Å². The van der Waals surface area contributed by atoms with Crippen LogP contribution < -0.4 is 4.74 Å². The van der Waals surface area contributed by atoms with Gasteiger partial charge in [-0.1, -0.05) is 23.7 Å². The van der Waals surface area contributed by atoms with E-state index >= 15 is 0 Å². The molecule has 0 saturated heterocycles. The fourth-order valence-corrected chi connectivity index (χ4v) is 3.09. The van der Waals surface area contributed by atoms with Crippen LogP contribution in [0.15, 0.2) is 36.5 Å². The first kappa shape index (κ1) is 18.4. The van der Waals surface area contributed by atoms with Gasteiger partial charge in [0, 0.05) is 6.20 Å². The van der Waals surface area contributed by atoms with Crippen molar-refractivity contribution < 1.29 is 27.4 Å². The highest BCUT2D eigenvalue weighted by molar-refractivity contribution is 7.18. The summed E-state index contributed by atoms with van der Waals surface area (Å²) >= 11 is 7.19. The van der Waals surface area contributed by atoms with Gasteiger partial charge in [0.1, 0.15) is 16.6 Å². The number of carbonyl (C=O) groups excluding carboxylic acids is 1. The van der Waals surface area contributed by atoms with E-state index in [0.29, 0.717) is 5.01 Å². The highest BCUT2D eigenvalue weighted by Crippen LogP contribution is 2.26. The number of hydrogen-bond acceptors (Lipinski definition) is 6. The number of benzene rings is 1. The van der Waals surface area contributed by atoms with Crippen molar-refractivity contribution in [1.29, 1.82) is 0 Å². The molecule has 0 saturated carbocycles. The van der Waals surface area contributed by atoms with Gasteiger partial charge in [0.05, 0.1) is 15.8 Å². The Balaban J connectivity index is 1.63. The van der Waals surface area contributed by atoms with Crippen molar-refractivity contribution >= 4 is 39.1 Å². The quantitative estimate of drug-likeness (QED) is 0.582. The summed E-state index contributed by atoms with van der Waals surface area (Å²) in [5, 5.41) is 0.396. The highest BCUT2D eigenvalue weighted by Gasteiger charge is 2.29. The van der Waals surface area contributed by atoms with Crippen molar-refractivity contribution in [3.63, 3.8) is 0 Å². The molecule has 0 aliphatic carbocycles. The van der Waals surface area contributed by atoms with Crippen LogP contribution in [-0.2, 0) is 11.3 Å². The number of alkyl halides is 3. The number of pyridine rings is 1. The van der Waals surface area contributed by atoms with E-state index in [-0.39, 0.29) is 17.2 Å². The first-order valence-corrected chi connectivity index (χ1v) is 8.38. The monoisotopic (exact) mass is 402 g/mol. The molecule has 0 atom stereocenters. The smallest absolute Gasteiger partial charge is 0.422 e. The Morgan fingerprint density at radius 3 is 2.73 bits per heavy atom. The van der Waals surface area contributed by atoms with Crippen molar-refractivity contribution in [2.75, 3.05) is 6.61 Å². The van der Waals surface area contributed by atoms with E-state index in [9.17, 15) is 18.0 Å². The Labute approximate surface area is 154 Å². The molecule has 3 aromatic rings. The standard InChI is InChI=1S/C16H10ClF3N2O3S/c17-10-5-9(6-21-14(10)25-8-16(18,19)20)15(23)24-7-13-22-11-3-1-2-4-12(11)26-13/h1-6H,7-8H2. The zero-order valence-electron chi connectivity index (χ0n) is 12.9. The molecule has 0 aliphatic rings. The average Bonchev–Trinajstić information content (AvgIpc) is 3.00. The molecule has 3 rings (SSSR count). The lowest BCUT2D eigenvalue weighted by Gasteiger charge is -2.10.